The van der Waals surface area contributed by atoms with Gasteiger partial charge in [-0.25, -0.2) is 4.98 Å². The summed E-state index contributed by atoms with van der Waals surface area (Å²) in [5.74, 6) is -0.473. The summed E-state index contributed by atoms with van der Waals surface area (Å²) in [5.41, 5.74) is 7.77. The van der Waals surface area contributed by atoms with E-state index in [0.717, 1.165) is 23.0 Å². The van der Waals surface area contributed by atoms with Crippen LogP contribution in [-0.2, 0) is 0 Å². The van der Waals surface area contributed by atoms with Crippen LogP contribution in [0.3, 0.4) is 0 Å². The Kier molecular flexibility index (Phi) is 5.98. The monoisotopic (exact) mass is 364 g/mol. The molecule has 1 aliphatic rings. The molecule has 1 aliphatic heterocycles. The molecule has 0 saturated carbocycles. The lowest BCUT2D eigenvalue weighted by Gasteiger charge is -2.20. The van der Waals surface area contributed by atoms with Crippen LogP contribution in [-0.4, -0.2) is 46.8 Å². The van der Waals surface area contributed by atoms with E-state index in [0.29, 0.717) is 11.1 Å². The van der Waals surface area contributed by atoms with Crippen LogP contribution in [0.25, 0.3) is 16.7 Å². The minimum Gasteiger partial charge on any atom is -0.366 e. The first kappa shape index (κ1) is 18.8. The number of nitrogens with two attached hydrogens (primary N) is 1. The van der Waals surface area contributed by atoms with Crippen LogP contribution >= 0.6 is 0 Å². The third-order valence-corrected chi connectivity index (χ3v) is 4.67. The van der Waals surface area contributed by atoms with E-state index in [1.165, 1.54) is 38.5 Å². The zero-order valence-electron chi connectivity index (χ0n) is 15.5. The maximum Gasteiger partial charge on any atom is 0.248 e. The van der Waals surface area contributed by atoms with Gasteiger partial charge in [0.05, 0.1) is 0 Å². The van der Waals surface area contributed by atoms with Crippen LogP contribution in [0.2, 0.25) is 0 Å². The van der Waals surface area contributed by atoms with Crippen molar-refractivity contribution in [1.82, 2.24) is 14.5 Å². The first-order valence-electron chi connectivity index (χ1n) is 9.09. The summed E-state index contributed by atoms with van der Waals surface area (Å²) < 4.78 is 1.84. The zero-order chi connectivity index (χ0) is 19.2. The van der Waals surface area contributed by atoms with E-state index in [1.54, 1.807) is 24.3 Å². The number of benzene rings is 1. The molecule has 0 spiro atoms. The van der Waals surface area contributed by atoms with Crippen molar-refractivity contribution < 1.29 is 9.59 Å². The summed E-state index contributed by atoms with van der Waals surface area (Å²) in [6, 6.07) is 10.6. The summed E-state index contributed by atoms with van der Waals surface area (Å²) in [6.45, 7) is 2.64. The molecule has 0 unspecified atom stereocenters. The fourth-order valence-corrected chi connectivity index (χ4v) is 3.17. The molecule has 2 aromatic heterocycles. The van der Waals surface area contributed by atoms with Crippen LogP contribution in [0.4, 0.5) is 0 Å². The number of hydrogen-bond donors (Lipinski definition) is 1. The molecule has 1 aromatic carbocycles. The zero-order valence-corrected chi connectivity index (χ0v) is 15.5. The summed E-state index contributed by atoms with van der Waals surface area (Å²) in [6.07, 6.45) is 8.39. The lowest BCUT2D eigenvalue weighted by molar-refractivity contribution is 0.0999. The van der Waals surface area contributed by atoms with Gasteiger partial charge in [-0.3, -0.25) is 9.59 Å². The average molecular weight is 364 g/mol. The predicted octanol–water partition coefficient (Wildman–Crippen LogP) is 3.04. The van der Waals surface area contributed by atoms with Crippen molar-refractivity contribution in [2.24, 2.45) is 5.73 Å². The molecule has 3 heterocycles. The van der Waals surface area contributed by atoms with Crippen molar-refractivity contribution in [3.63, 3.8) is 0 Å². The number of aldehydes is 1. The summed E-state index contributed by atoms with van der Waals surface area (Å²) >= 11 is 0. The molecule has 0 radical (unpaired) electrons. The molecule has 27 heavy (non-hydrogen) atoms. The molecule has 2 N–H and O–H groups in total. The van der Waals surface area contributed by atoms with Gasteiger partial charge in [-0.1, -0.05) is 12.5 Å². The molecule has 0 bridgehead atoms. The molecule has 0 aliphatic carbocycles. The highest BCUT2D eigenvalue weighted by molar-refractivity contribution is 5.93. The molecule has 6 heteroatoms. The summed E-state index contributed by atoms with van der Waals surface area (Å²) in [4.78, 5) is 28.6. The molecule has 6 nitrogen and oxygen atoms in total. The highest BCUT2D eigenvalue weighted by Gasteiger charge is 2.07. The van der Waals surface area contributed by atoms with Crippen molar-refractivity contribution in [2.75, 3.05) is 20.1 Å². The molecule has 3 aromatic rings. The Morgan fingerprint density at radius 2 is 1.93 bits per heavy atom. The normalized spacial score (nSPS) is 14.4. The number of amides is 1. The largest absolute Gasteiger partial charge is 0.366 e. The lowest BCUT2D eigenvalue weighted by Crippen LogP contribution is -2.24. The number of piperidine rings is 1. The first-order valence-corrected chi connectivity index (χ1v) is 9.09. The second kappa shape index (κ2) is 8.60. The van der Waals surface area contributed by atoms with Gasteiger partial charge in [-0.2, -0.15) is 0 Å². The maximum absolute atomic E-state index is 11.2. The third kappa shape index (κ3) is 4.60. The van der Waals surface area contributed by atoms with Gasteiger partial charge in [0.25, 0.3) is 0 Å². The number of pyridine rings is 1. The molecular formula is C21H24N4O2. The fourth-order valence-electron chi connectivity index (χ4n) is 3.17. The standard InChI is InChI=1S/C15H11N3O2.C6H13N/c16-14(20)11-2-1-3-13(7-11)18-5-4-12-6-10(9-19)8-17-15(12)18;1-7-5-3-2-4-6-7/h1-9H,(H2,16,20);2-6H2,1H3. The van der Waals surface area contributed by atoms with E-state index in [2.05, 4.69) is 16.9 Å². The quantitative estimate of drug-likeness (QED) is 0.724. The van der Waals surface area contributed by atoms with E-state index in [1.807, 2.05) is 22.9 Å². The van der Waals surface area contributed by atoms with Crippen LogP contribution in [0.15, 0.2) is 48.8 Å². The van der Waals surface area contributed by atoms with Crippen LogP contribution in [0.1, 0.15) is 40.0 Å². The van der Waals surface area contributed by atoms with Gasteiger partial charge in [0.2, 0.25) is 5.91 Å². The minimum atomic E-state index is -0.473. The number of carbonyl (C=O) groups is 2. The van der Waals surface area contributed by atoms with E-state index < -0.39 is 5.91 Å². The van der Waals surface area contributed by atoms with Crippen LogP contribution in [0.5, 0.6) is 0 Å². The van der Waals surface area contributed by atoms with E-state index >= 15 is 0 Å². The van der Waals surface area contributed by atoms with Crippen molar-refractivity contribution >= 4 is 23.2 Å². The molecule has 1 saturated heterocycles. The number of hydrogen-bond acceptors (Lipinski definition) is 4. The minimum absolute atomic E-state index is 0.439. The SMILES string of the molecule is CN1CCCCC1.NC(=O)c1cccc(-n2ccc3cc(C=O)cnc32)c1. The molecule has 1 fully saturated rings. The van der Waals surface area contributed by atoms with Gasteiger partial charge >= 0.3 is 0 Å². The molecule has 0 atom stereocenters. The Bertz CT molecular complexity index is 942. The number of carbonyl (C=O) groups excluding carboxylic acids is 2. The second-order valence-corrected chi connectivity index (χ2v) is 6.76. The highest BCUT2D eigenvalue weighted by Crippen LogP contribution is 2.20. The van der Waals surface area contributed by atoms with Crippen molar-refractivity contribution in [3.8, 4) is 5.69 Å². The van der Waals surface area contributed by atoms with E-state index in [9.17, 15) is 9.59 Å². The maximum atomic E-state index is 11.2. The van der Waals surface area contributed by atoms with Gasteiger partial charge in [-0.05, 0) is 63.3 Å². The Balaban J connectivity index is 0.000000253. The molecule has 4 rings (SSSR count). The third-order valence-electron chi connectivity index (χ3n) is 4.67. The lowest BCUT2D eigenvalue weighted by atomic mass is 10.1. The van der Waals surface area contributed by atoms with Crippen molar-refractivity contribution in [2.45, 2.75) is 19.3 Å². The average Bonchev–Trinajstić information content (AvgIpc) is 3.12. The first-order chi connectivity index (χ1) is 13.1. The smallest absolute Gasteiger partial charge is 0.248 e. The number of rotatable bonds is 3. The fraction of sp³-hybridized carbons (Fsp3) is 0.286. The van der Waals surface area contributed by atoms with E-state index in [4.69, 9.17) is 5.73 Å². The van der Waals surface area contributed by atoms with Gasteiger partial charge in [0, 0.05) is 34.6 Å². The highest BCUT2D eigenvalue weighted by atomic mass is 16.1. The number of likely N-dealkylation sites (tertiary alicyclic amines) is 1. The van der Waals surface area contributed by atoms with Gasteiger partial charge < -0.3 is 15.2 Å². The Morgan fingerprint density at radius 3 is 2.56 bits per heavy atom. The van der Waals surface area contributed by atoms with Gasteiger partial charge in [0.15, 0.2) is 6.29 Å². The van der Waals surface area contributed by atoms with Crippen molar-refractivity contribution in [1.29, 1.82) is 0 Å². The predicted molar refractivity (Wildman–Crippen MR) is 106 cm³/mol. The van der Waals surface area contributed by atoms with E-state index in [-0.39, 0.29) is 0 Å². The van der Waals surface area contributed by atoms with Crippen molar-refractivity contribution in [3.05, 3.63) is 59.9 Å². The number of aromatic nitrogens is 2. The number of primary amides is 1. The molecule has 1 amide bonds. The summed E-state index contributed by atoms with van der Waals surface area (Å²) in [5, 5.41) is 0.860. The Morgan fingerprint density at radius 1 is 1.15 bits per heavy atom. The van der Waals surface area contributed by atoms with Gasteiger partial charge in [0.1, 0.15) is 5.65 Å². The summed E-state index contributed by atoms with van der Waals surface area (Å²) in [7, 11) is 2.19. The van der Waals surface area contributed by atoms with Crippen LogP contribution < -0.4 is 5.73 Å². The van der Waals surface area contributed by atoms with Crippen LogP contribution in [0, 0.1) is 0 Å². The Hall–Kier alpha value is -2.99. The number of fused-ring (bicyclic) bond motifs is 1. The molecule has 140 valence electrons. The topological polar surface area (TPSA) is 81.2 Å². The second-order valence-electron chi connectivity index (χ2n) is 6.76. The number of nitrogens with zero attached hydrogens (tertiary/aromatic N) is 3. The van der Waals surface area contributed by atoms with Gasteiger partial charge in [-0.15, -0.1) is 0 Å². The Labute approximate surface area is 158 Å². The molecular weight excluding hydrogens is 340 g/mol.